The molecular weight excluding hydrogens is 313 g/mol. The lowest BCUT2D eigenvalue weighted by atomic mass is 10.1. The van der Waals surface area contributed by atoms with Crippen molar-refractivity contribution in [1.29, 1.82) is 0 Å². The third-order valence-corrected chi connectivity index (χ3v) is 4.50. The Balaban J connectivity index is 2.00. The molecular formula is C15H11F3N2OS. The molecule has 1 aromatic carbocycles. The largest absolute Gasteiger partial charge is 0.416 e. The van der Waals surface area contributed by atoms with Crippen LogP contribution in [0, 0.1) is 0 Å². The van der Waals surface area contributed by atoms with E-state index in [1.807, 2.05) is 6.07 Å². The van der Waals surface area contributed by atoms with Crippen molar-refractivity contribution in [3.8, 4) is 0 Å². The average molecular weight is 324 g/mol. The molecule has 1 unspecified atom stereocenters. The summed E-state index contributed by atoms with van der Waals surface area (Å²) in [7, 11) is 0. The fourth-order valence-electron chi connectivity index (χ4n) is 2.30. The van der Waals surface area contributed by atoms with E-state index < -0.39 is 11.7 Å². The van der Waals surface area contributed by atoms with Gasteiger partial charge in [0.2, 0.25) is 5.91 Å². The molecule has 1 atom stereocenters. The fraction of sp³-hybridized carbons (Fsp3) is 0.200. The van der Waals surface area contributed by atoms with Crippen LogP contribution in [0.4, 0.5) is 18.9 Å². The summed E-state index contributed by atoms with van der Waals surface area (Å²) >= 11 is 1.37. The predicted octanol–water partition coefficient (Wildman–Crippen LogP) is 3.88. The number of anilines is 1. The van der Waals surface area contributed by atoms with E-state index in [-0.39, 0.29) is 22.7 Å². The van der Waals surface area contributed by atoms with Gasteiger partial charge < -0.3 is 0 Å². The monoisotopic (exact) mass is 324 g/mol. The number of alkyl halides is 3. The highest BCUT2D eigenvalue weighted by Crippen LogP contribution is 2.42. The third-order valence-electron chi connectivity index (χ3n) is 3.29. The van der Waals surface area contributed by atoms with Crippen LogP contribution in [0.5, 0.6) is 0 Å². The van der Waals surface area contributed by atoms with Crippen LogP contribution >= 0.6 is 11.8 Å². The zero-order valence-corrected chi connectivity index (χ0v) is 12.1. The van der Waals surface area contributed by atoms with Crippen LogP contribution in [-0.4, -0.2) is 16.6 Å². The van der Waals surface area contributed by atoms with Gasteiger partial charge >= 0.3 is 6.18 Å². The van der Waals surface area contributed by atoms with Crippen molar-refractivity contribution in [3.05, 3.63) is 59.9 Å². The van der Waals surface area contributed by atoms with Crippen molar-refractivity contribution in [1.82, 2.24) is 4.98 Å². The lowest BCUT2D eigenvalue weighted by Crippen LogP contribution is -2.28. The first-order valence-corrected chi connectivity index (χ1v) is 7.52. The van der Waals surface area contributed by atoms with Crippen molar-refractivity contribution in [2.24, 2.45) is 0 Å². The molecule has 1 fully saturated rings. The quantitative estimate of drug-likeness (QED) is 0.840. The molecule has 3 rings (SSSR count). The van der Waals surface area contributed by atoms with E-state index in [9.17, 15) is 18.0 Å². The molecule has 2 heterocycles. The molecule has 7 heteroatoms. The summed E-state index contributed by atoms with van der Waals surface area (Å²) in [4.78, 5) is 17.5. The number of carbonyl (C=O) groups excluding carboxylic acids is 1. The maximum atomic E-state index is 12.9. The van der Waals surface area contributed by atoms with E-state index in [2.05, 4.69) is 4.98 Å². The van der Waals surface area contributed by atoms with E-state index in [4.69, 9.17) is 0 Å². The van der Waals surface area contributed by atoms with Gasteiger partial charge in [-0.2, -0.15) is 13.2 Å². The van der Waals surface area contributed by atoms with Crippen molar-refractivity contribution >= 4 is 23.4 Å². The van der Waals surface area contributed by atoms with Crippen molar-refractivity contribution in [3.63, 3.8) is 0 Å². The van der Waals surface area contributed by atoms with Crippen LogP contribution in [0.25, 0.3) is 0 Å². The maximum Gasteiger partial charge on any atom is 0.416 e. The van der Waals surface area contributed by atoms with E-state index in [0.29, 0.717) is 0 Å². The van der Waals surface area contributed by atoms with Gasteiger partial charge in [-0.15, -0.1) is 11.8 Å². The van der Waals surface area contributed by atoms with E-state index >= 15 is 0 Å². The minimum atomic E-state index is -4.43. The molecule has 0 bridgehead atoms. The molecule has 1 aliphatic rings. The number of pyridine rings is 1. The van der Waals surface area contributed by atoms with Gasteiger partial charge in [0, 0.05) is 23.6 Å². The Labute approximate surface area is 129 Å². The predicted molar refractivity (Wildman–Crippen MR) is 78.4 cm³/mol. The van der Waals surface area contributed by atoms with Crippen LogP contribution in [0.3, 0.4) is 0 Å². The van der Waals surface area contributed by atoms with Gasteiger partial charge in [-0.1, -0.05) is 12.1 Å². The second kappa shape index (κ2) is 5.64. The topological polar surface area (TPSA) is 33.2 Å². The molecule has 0 spiro atoms. The zero-order chi connectivity index (χ0) is 15.7. The summed E-state index contributed by atoms with van der Waals surface area (Å²) in [6.07, 6.45) is -1.20. The highest BCUT2D eigenvalue weighted by Gasteiger charge is 2.36. The Kier molecular flexibility index (Phi) is 3.82. The normalized spacial score (nSPS) is 18.8. The molecule has 1 saturated heterocycles. The van der Waals surface area contributed by atoms with Gasteiger partial charge in [-0.25, -0.2) is 0 Å². The van der Waals surface area contributed by atoms with Crippen LogP contribution in [-0.2, 0) is 11.0 Å². The number of hydrogen-bond acceptors (Lipinski definition) is 3. The molecule has 0 saturated carbocycles. The second-order valence-electron chi connectivity index (χ2n) is 4.76. The molecule has 1 aromatic heterocycles. The lowest BCUT2D eigenvalue weighted by Gasteiger charge is -2.24. The highest BCUT2D eigenvalue weighted by molar-refractivity contribution is 8.00. The Morgan fingerprint density at radius 2 is 2.05 bits per heavy atom. The summed E-state index contributed by atoms with van der Waals surface area (Å²) in [5.74, 6) is 0.0219. The molecule has 3 nitrogen and oxygen atoms in total. The van der Waals surface area contributed by atoms with Gasteiger partial charge in [0.25, 0.3) is 0 Å². The van der Waals surface area contributed by atoms with Crippen molar-refractivity contribution in [2.45, 2.75) is 11.6 Å². The SMILES string of the molecule is O=C1CSC(c2cccnc2)N1c1cccc(C(F)(F)F)c1. The molecule has 0 N–H and O–H groups in total. The molecule has 0 radical (unpaired) electrons. The zero-order valence-electron chi connectivity index (χ0n) is 11.2. The van der Waals surface area contributed by atoms with Gasteiger partial charge in [-0.3, -0.25) is 14.7 Å². The first-order chi connectivity index (χ1) is 10.5. The molecule has 114 valence electrons. The number of nitrogens with zero attached hydrogens (tertiary/aromatic N) is 2. The molecule has 22 heavy (non-hydrogen) atoms. The van der Waals surface area contributed by atoms with Gasteiger partial charge in [-0.05, 0) is 24.3 Å². The average Bonchev–Trinajstić information content (AvgIpc) is 2.89. The van der Waals surface area contributed by atoms with Gasteiger partial charge in [0.05, 0.1) is 11.3 Å². The van der Waals surface area contributed by atoms with Crippen LogP contribution in [0.15, 0.2) is 48.8 Å². The molecule has 1 aliphatic heterocycles. The standard InChI is InChI=1S/C15H11F3N2OS/c16-15(17,18)11-4-1-5-12(7-11)20-13(21)9-22-14(20)10-3-2-6-19-8-10/h1-8,14H,9H2. The van der Waals surface area contributed by atoms with Crippen LogP contribution in [0.1, 0.15) is 16.5 Å². The smallest absolute Gasteiger partial charge is 0.295 e. The van der Waals surface area contributed by atoms with E-state index in [0.717, 1.165) is 17.7 Å². The van der Waals surface area contributed by atoms with Crippen molar-refractivity contribution in [2.75, 3.05) is 10.7 Å². The van der Waals surface area contributed by atoms with E-state index in [1.54, 1.807) is 18.5 Å². The minimum absolute atomic E-state index is 0.210. The van der Waals surface area contributed by atoms with Crippen molar-refractivity contribution < 1.29 is 18.0 Å². The summed E-state index contributed by atoms with van der Waals surface area (Å²) < 4.78 is 38.6. The first kappa shape index (κ1) is 14.9. The number of thioether (sulfide) groups is 1. The van der Waals surface area contributed by atoms with E-state index in [1.165, 1.54) is 28.8 Å². The van der Waals surface area contributed by atoms with Crippen LogP contribution in [0.2, 0.25) is 0 Å². The number of halogens is 3. The third kappa shape index (κ3) is 2.81. The maximum absolute atomic E-state index is 12.9. The highest BCUT2D eigenvalue weighted by atomic mass is 32.2. The Hall–Kier alpha value is -2.02. The summed E-state index contributed by atoms with van der Waals surface area (Å²) in [6.45, 7) is 0. The second-order valence-corrected chi connectivity index (χ2v) is 5.83. The van der Waals surface area contributed by atoms with Gasteiger partial charge in [0.1, 0.15) is 5.37 Å². The summed E-state index contributed by atoms with van der Waals surface area (Å²) in [5.41, 5.74) is 0.272. The fourth-order valence-corrected chi connectivity index (χ4v) is 3.46. The molecule has 2 aromatic rings. The summed E-state index contributed by atoms with van der Waals surface area (Å²) in [6, 6.07) is 8.38. The Morgan fingerprint density at radius 3 is 2.73 bits per heavy atom. The number of aromatic nitrogens is 1. The first-order valence-electron chi connectivity index (χ1n) is 6.47. The Bertz CT molecular complexity index is 691. The number of rotatable bonds is 2. The molecule has 0 aliphatic carbocycles. The minimum Gasteiger partial charge on any atom is -0.295 e. The lowest BCUT2D eigenvalue weighted by molar-refractivity contribution is -0.137. The number of benzene rings is 1. The molecule has 1 amide bonds. The van der Waals surface area contributed by atoms with Crippen LogP contribution < -0.4 is 4.90 Å². The number of hydrogen-bond donors (Lipinski definition) is 0. The number of carbonyl (C=O) groups is 1. The summed E-state index contributed by atoms with van der Waals surface area (Å²) in [5, 5.41) is -0.357. The number of amides is 1. The Morgan fingerprint density at radius 1 is 1.23 bits per heavy atom. The van der Waals surface area contributed by atoms with Gasteiger partial charge in [0.15, 0.2) is 0 Å².